The predicted octanol–water partition coefficient (Wildman–Crippen LogP) is 2.73. The summed E-state index contributed by atoms with van der Waals surface area (Å²) in [6.45, 7) is 7.06. The Kier molecular flexibility index (Phi) is 4.23. The van der Waals surface area contributed by atoms with Gasteiger partial charge in [-0.2, -0.15) is 0 Å². The summed E-state index contributed by atoms with van der Waals surface area (Å²) < 4.78 is 13.6. The van der Waals surface area contributed by atoms with Crippen molar-refractivity contribution in [2.45, 2.75) is 39.6 Å². The summed E-state index contributed by atoms with van der Waals surface area (Å²) >= 11 is 0. The number of aromatic nitrogens is 4. The molecule has 0 spiro atoms. The summed E-state index contributed by atoms with van der Waals surface area (Å²) in [5.74, 6) is 4.48. The summed E-state index contributed by atoms with van der Waals surface area (Å²) in [4.78, 5) is 6.41. The quantitative estimate of drug-likeness (QED) is 0.712. The molecule has 0 saturated heterocycles. The second-order valence-corrected chi connectivity index (χ2v) is 6.26. The SMILES string of the molecule is Cc1ccc(CN2CCn3c(COc4cccnc4)nnc3[C@@H]2C)o1. The van der Waals surface area contributed by atoms with E-state index in [0.717, 1.165) is 48.6 Å². The van der Waals surface area contributed by atoms with Crippen LogP contribution in [-0.2, 0) is 19.7 Å². The number of hydrogen-bond donors (Lipinski definition) is 0. The van der Waals surface area contributed by atoms with Crippen molar-refractivity contribution in [2.24, 2.45) is 0 Å². The Labute approximate surface area is 146 Å². The fourth-order valence-electron chi connectivity index (χ4n) is 3.16. The van der Waals surface area contributed by atoms with E-state index < -0.39 is 0 Å². The molecule has 25 heavy (non-hydrogen) atoms. The maximum atomic E-state index is 5.76. The minimum Gasteiger partial charge on any atom is -0.484 e. The van der Waals surface area contributed by atoms with Crippen LogP contribution in [0.1, 0.15) is 36.1 Å². The molecule has 0 saturated carbocycles. The number of fused-ring (bicyclic) bond motifs is 1. The molecule has 7 heteroatoms. The van der Waals surface area contributed by atoms with Gasteiger partial charge in [0.15, 0.2) is 5.82 Å². The first kappa shape index (κ1) is 15.8. The summed E-state index contributed by atoms with van der Waals surface area (Å²) in [5, 5.41) is 8.72. The van der Waals surface area contributed by atoms with Gasteiger partial charge >= 0.3 is 0 Å². The Morgan fingerprint density at radius 2 is 2.16 bits per heavy atom. The number of pyridine rings is 1. The van der Waals surface area contributed by atoms with Crippen LogP contribution >= 0.6 is 0 Å². The van der Waals surface area contributed by atoms with Gasteiger partial charge in [-0.25, -0.2) is 0 Å². The van der Waals surface area contributed by atoms with E-state index in [1.54, 1.807) is 12.4 Å². The van der Waals surface area contributed by atoms with Crippen molar-refractivity contribution in [3.8, 4) is 5.75 Å². The molecule has 7 nitrogen and oxygen atoms in total. The summed E-state index contributed by atoms with van der Waals surface area (Å²) in [5.41, 5.74) is 0. The minimum atomic E-state index is 0.179. The van der Waals surface area contributed by atoms with Gasteiger partial charge in [-0.3, -0.25) is 9.88 Å². The molecule has 0 N–H and O–H groups in total. The highest BCUT2D eigenvalue weighted by Gasteiger charge is 2.28. The van der Waals surface area contributed by atoms with Crippen LogP contribution in [0.25, 0.3) is 0 Å². The zero-order valence-electron chi connectivity index (χ0n) is 14.4. The van der Waals surface area contributed by atoms with Gasteiger partial charge < -0.3 is 13.7 Å². The van der Waals surface area contributed by atoms with Gasteiger partial charge in [0.1, 0.15) is 29.7 Å². The van der Waals surface area contributed by atoms with Crippen molar-refractivity contribution in [1.82, 2.24) is 24.6 Å². The maximum absolute atomic E-state index is 5.76. The Hall–Kier alpha value is -2.67. The Balaban J connectivity index is 1.45. The maximum Gasteiger partial charge on any atom is 0.171 e. The lowest BCUT2D eigenvalue weighted by molar-refractivity contribution is 0.141. The van der Waals surface area contributed by atoms with Crippen molar-refractivity contribution in [1.29, 1.82) is 0 Å². The largest absolute Gasteiger partial charge is 0.484 e. The molecule has 1 aliphatic heterocycles. The topological polar surface area (TPSA) is 69.2 Å². The molecule has 0 unspecified atom stereocenters. The third kappa shape index (κ3) is 3.28. The average Bonchev–Trinajstić information content (AvgIpc) is 3.23. The van der Waals surface area contributed by atoms with Gasteiger partial charge in [-0.05, 0) is 38.1 Å². The Bertz CT molecular complexity index is 842. The predicted molar refractivity (Wildman–Crippen MR) is 90.9 cm³/mol. The zero-order chi connectivity index (χ0) is 17.2. The second-order valence-electron chi connectivity index (χ2n) is 6.26. The fourth-order valence-corrected chi connectivity index (χ4v) is 3.16. The van der Waals surface area contributed by atoms with Crippen LogP contribution in [0.5, 0.6) is 5.75 Å². The van der Waals surface area contributed by atoms with E-state index in [2.05, 4.69) is 31.6 Å². The van der Waals surface area contributed by atoms with Crippen molar-refractivity contribution in [3.05, 3.63) is 59.8 Å². The molecular formula is C18H21N5O2. The van der Waals surface area contributed by atoms with E-state index >= 15 is 0 Å². The monoisotopic (exact) mass is 339 g/mol. The van der Waals surface area contributed by atoms with Crippen LogP contribution in [0.2, 0.25) is 0 Å². The van der Waals surface area contributed by atoms with Gasteiger partial charge in [0.05, 0.1) is 18.8 Å². The molecule has 0 bridgehead atoms. The van der Waals surface area contributed by atoms with Crippen molar-refractivity contribution in [2.75, 3.05) is 6.54 Å². The van der Waals surface area contributed by atoms with Crippen molar-refractivity contribution in [3.63, 3.8) is 0 Å². The molecule has 0 aliphatic carbocycles. The number of nitrogens with zero attached hydrogens (tertiary/aromatic N) is 5. The Morgan fingerprint density at radius 1 is 1.24 bits per heavy atom. The van der Waals surface area contributed by atoms with E-state index in [9.17, 15) is 0 Å². The molecule has 130 valence electrons. The molecule has 4 rings (SSSR count). The third-order valence-electron chi connectivity index (χ3n) is 4.55. The fraction of sp³-hybridized carbons (Fsp3) is 0.389. The molecule has 3 aromatic heterocycles. The average molecular weight is 339 g/mol. The van der Waals surface area contributed by atoms with E-state index in [4.69, 9.17) is 9.15 Å². The Morgan fingerprint density at radius 3 is 2.92 bits per heavy atom. The van der Waals surface area contributed by atoms with Crippen molar-refractivity contribution < 1.29 is 9.15 Å². The molecule has 0 amide bonds. The molecular weight excluding hydrogens is 318 g/mol. The van der Waals surface area contributed by atoms with Gasteiger partial charge in [-0.1, -0.05) is 0 Å². The molecule has 1 atom stereocenters. The standard InChI is InChI=1S/C18H21N5O2/c1-13-5-6-16(25-13)11-22-8-9-23-17(20-21-18(23)14(22)2)12-24-15-4-3-7-19-10-15/h3-7,10,14H,8-9,11-12H2,1-2H3/t14-/m0/s1. The van der Waals surface area contributed by atoms with Crippen LogP contribution < -0.4 is 4.74 Å². The van der Waals surface area contributed by atoms with Crippen molar-refractivity contribution >= 4 is 0 Å². The minimum absolute atomic E-state index is 0.179. The normalized spacial score (nSPS) is 17.4. The van der Waals surface area contributed by atoms with E-state index in [-0.39, 0.29) is 6.04 Å². The number of ether oxygens (including phenoxy) is 1. The van der Waals surface area contributed by atoms with Gasteiger partial charge in [0.25, 0.3) is 0 Å². The number of aryl methyl sites for hydroxylation is 1. The lowest BCUT2D eigenvalue weighted by Crippen LogP contribution is -2.37. The molecule has 3 aromatic rings. The van der Waals surface area contributed by atoms with Crippen LogP contribution in [0.15, 0.2) is 41.1 Å². The molecule has 0 fully saturated rings. The van der Waals surface area contributed by atoms with Gasteiger partial charge in [0, 0.05) is 19.3 Å². The highest BCUT2D eigenvalue weighted by atomic mass is 16.5. The smallest absolute Gasteiger partial charge is 0.171 e. The zero-order valence-corrected chi connectivity index (χ0v) is 14.4. The van der Waals surface area contributed by atoms with Gasteiger partial charge in [0.2, 0.25) is 0 Å². The lowest BCUT2D eigenvalue weighted by atomic mass is 10.2. The van der Waals surface area contributed by atoms with E-state index in [1.165, 1.54) is 0 Å². The second kappa shape index (κ2) is 6.68. The molecule has 4 heterocycles. The first-order valence-corrected chi connectivity index (χ1v) is 8.45. The molecule has 0 radical (unpaired) electrons. The highest BCUT2D eigenvalue weighted by Crippen LogP contribution is 2.26. The molecule has 0 aromatic carbocycles. The number of rotatable bonds is 5. The highest BCUT2D eigenvalue weighted by molar-refractivity contribution is 5.16. The first-order valence-electron chi connectivity index (χ1n) is 8.45. The summed E-state index contributed by atoms with van der Waals surface area (Å²) in [6, 6.07) is 7.95. The van der Waals surface area contributed by atoms with Gasteiger partial charge in [-0.15, -0.1) is 10.2 Å². The van der Waals surface area contributed by atoms with Crippen LogP contribution in [0, 0.1) is 6.92 Å². The third-order valence-corrected chi connectivity index (χ3v) is 4.55. The summed E-state index contributed by atoms with van der Waals surface area (Å²) in [6.07, 6.45) is 3.42. The van der Waals surface area contributed by atoms with Crippen LogP contribution in [-0.4, -0.2) is 31.2 Å². The molecule has 1 aliphatic rings. The number of hydrogen-bond acceptors (Lipinski definition) is 6. The van der Waals surface area contributed by atoms with Crippen LogP contribution in [0.3, 0.4) is 0 Å². The lowest BCUT2D eigenvalue weighted by Gasteiger charge is -2.32. The van der Waals surface area contributed by atoms with Crippen LogP contribution in [0.4, 0.5) is 0 Å². The summed E-state index contributed by atoms with van der Waals surface area (Å²) in [7, 11) is 0. The van der Waals surface area contributed by atoms with E-state index in [0.29, 0.717) is 6.61 Å². The number of furan rings is 1. The van der Waals surface area contributed by atoms with E-state index in [1.807, 2.05) is 31.2 Å². The first-order chi connectivity index (χ1) is 12.2.